The Morgan fingerprint density at radius 1 is 0.380 bits per heavy atom. The highest BCUT2D eigenvalue weighted by molar-refractivity contribution is 7.26. The molecule has 0 N–H and O–H groups in total. The van der Waals surface area contributed by atoms with Gasteiger partial charge in [-0.2, -0.15) is 0 Å². The van der Waals surface area contributed by atoms with E-state index in [4.69, 9.17) is 19.4 Å². The van der Waals surface area contributed by atoms with Crippen LogP contribution in [0.2, 0.25) is 0 Å². The Kier molecular flexibility index (Phi) is 6.64. The molecule has 0 amide bonds. The van der Waals surface area contributed by atoms with Crippen molar-refractivity contribution in [3.05, 3.63) is 164 Å². The fraction of sp³-hybridized carbons (Fsp3) is 0. The lowest BCUT2D eigenvalue weighted by Gasteiger charge is -2.09. The number of hydrogen-bond acceptors (Lipinski definition) is 5. The highest BCUT2D eigenvalue weighted by Gasteiger charge is 2.19. The van der Waals surface area contributed by atoms with Gasteiger partial charge in [-0.3, -0.25) is 0 Å². The summed E-state index contributed by atoms with van der Waals surface area (Å²) in [5.41, 5.74) is 9.29. The second-order valence-corrected chi connectivity index (χ2v) is 13.4. The molecule has 0 aliphatic carbocycles. The van der Waals surface area contributed by atoms with E-state index in [0.717, 1.165) is 38.6 Å². The average Bonchev–Trinajstić information content (AvgIpc) is 3.76. The van der Waals surface area contributed by atoms with Gasteiger partial charge in [0.15, 0.2) is 17.5 Å². The second kappa shape index (κ2) is 11.6. The van der Waals surface area contributed by atoms with Gasteiger partial charge in [0, 0.05) is 53.2 Å². The third-order valence-corrected chi connectivity index (χ3v) is 10.5. The first-order chi connectivity index (χ1) is 24.8. The third-order valence-electron chi connectivity index (χ3n) is 9.33. The zero-order valence-corrected chi connectivity index (χ0v) is 27.6. The Balaban J connectivity index is 1.19. The summed E-state index contributed by atoms with van der Waals surface area (Å²) in [6, 6.07) is 56.9. The van der Waals surface area contributed by atoms with E-state index in [-0.39, 0.29) is 0 Å². The lowest BCUT2D eigenvalue weighted by Crippen LogP contribution is -2.00. The van der Waals surface area contributed by atoms with Crippen LogP contribution in [0.3, 0.4) is 0 Å². The highest BCUT2D eigenvalue weighted by atomic mass is 32.1. The van der Waals surface area contributed by atoms with E-state index in [2.05, 4.69) is 103 Å². The van der Waals surface area contributed by atoms with Crippen LogP contribution in [0.4, 0.5) is 0 Å². The number of furan rings is 1. The largest absolute Gasteiger partial charge is 0.456 e. The summed E-state index contributed by atoms with van der Waals surface area (Å²) in [6.45, 7) is 0. The van der Waals surface area contributed by atoms with E-state index < -0.39 is 0 Å². The van der Waals surface area contributed by atoms with Crippen LogP contribution in [0, 0.1) is 0 Å². The average molecular weight is 658 g/mol. The number of rotatable bonds is 5. The molecule has 7 aromatic carbocycles. The summed E-state index contributed by atoms with van der Waals surface area (Å²) < 4.78 is 8.68. The molecular weight excluding hydrogens is 631 g/mol. The predicted molar refractivity (Wildman–Crippen MR) is 207 cm³/mol. The molecule has 50 heavy (non-hydrogen) atoms. The molecular formula is C45H27N3OS. The Morgan fingerprint density at radius 2 is 1.02 bits per heavy atom. The summed E-state index contributed by atoms with van der Waals surface area (Å²) >= 11 is 1.82. The van der Waals surface area contributed by atoms with Crippen molar-refractivity contribution in [1.29, 1.82) is 0 Å². The van der Waals surface area contributed by atoms with Crippen LogP contribution in [0.15, 0.2) is 168 Å². The van der Waals surface area contributed by atoms with E-state index in [1.807, 2.05) is 72.0 Å². The van der Waals surface area contributed by atoms with Crippen LogP contribution in [-0.4, -0.2) is 15.0 Å². The molecule has 0 fully saturated rings. The standard InChI is InChI=1S/C45H27N3OS/c1-4-13-28(14-5-1)32-25-36(29-15-6-2-7-16-29)42-37(26-32)33-24-23-31(27-40(33)50-42)44-46-43(30-17-8-3-9-18-30)47-45(48-44)35-20-12-22-39-41(35)34-19-10-11-21-38(34)49-39/h1-27H. The van der Waals surface area contributed by atoms with Gasteiger partial charge in [-0.25, -0.2) is 15.0 Å². The first-order valence-corrected chi connectivity index (χ1v) is 17.4. The molecule has 3 aromatic heterocycles. The van der Waals surface area contributed by atoms with Crippen molar-refractivity contribution in [2.24, 2.45) is 0 Å². The molecule has 0 aliphatic heterocycles. The highest BCUT2D eigenvalue weighted by Crippen LogP contribution is 2.44. The molecule has 3 heterocycles. The molecule has 4 nitrogen and oxygen atoms in total. The monoisotopic (exact) mass is 657 g/mol. The van der Waals surface area contributed by atoms with Gasteiger partial charge in [-0.1, -0.05) is 133 Å². The molecule has 0 saturated heterocycles. The van der Waals surface area contributed by atoms with E-state index in [0.29, 0.717) is 17.5 Å². The molecule has 0 spiro atoms. The van der Waals surface area contributed by atoms with Gasteiger partial charge in [0.1, 0.15) is 11.2 Å². The number of benzene rings is 7. The smallest absolute Gasteiger partial charge is 0.164 e. The lowest BCUT2D eigenvalue weighted by molar-refractivity contribution is 0.669. The van der Waals surface area contributed by atoms with Gasteiger partial charge in [-0.15, -0.1) is 11.3 Å². The minimum Gasteiger partial charge on any atom is -0.456 e. The van der Waals surface area contributed by atoms with Crippen molar-refractivity contribution >= 4 is 53.4 Å². The topological polar surface area (TPSA) is 51.8 Å². The maximum absolute atomic E-state index is 6.23. The molecule has 0 bridgehead atoms. The molecule has 0 atom stereocenters. The number of nitrogens with zero attached hydrogens (tertiary/aromatic N) is 3. The second-order valence-electron chi connectivity index (χ2n) is 12.4. The number of para-hydroxylation sites is 1. The number of thiophene rings is 1. The van der Waals surface area contributed by atoms with Gasteiger partial charge in [-0.05, 0) is 47.0 Å². The molecule has 0 aliphatic rings. The molecule has 234 valence electrons. The van der Waals surface area contributed by atoms with Crippen LogP contribution in [0.5, 0.6) is 0 Å². The minimum absolute atomic E-state index is 0.612. The van der Waals surface area contributed by atoms with Crippen molar-refractivity contribution in [3.8, 4) is 56.4 Å². The van der Waals surface area contributed by atoms with E-state index >= 15 is 0 Å². The van der Waals surface area contributed by atoms with Crippen molar-refractivity contribution < 1.29 is 4.42 Å². The number of fused-ring (bicyclic) bond motifs is 6. The van der Waals surface area contributed by atoms with Gasteiger partial charge >= 0.3 is 0 Å². The normalized spacial score (nSPS) is 11.6. The van der Waals surface area contributed by atoms with Crippen molar-refractivity contribution in [1.82, 2.24) is 15.0 Å². The predicted octanol–water partition coefficient (Wildman–Crippen LogP) is 12.5. The van der Waals surface area contributed by atoms with Crippen molar-refractivity contribution in [2.75, 3.05) is 0 Å². The lowest BCUT2D eigenvalue weighted by atomic mass is 9.96. The van der Waals surface area contributed by atoms with Crippen molar-refractivity contribution in [3.63, 3.8) is 0 Å². The Morgan fingerprint density at radius 3 is 1.80 bits per heavy atom. The van der Waals surface area contributed by atoms with E-state index in [1.165, 1.54) is 42.4 Å². The fourth-order valence-electron chi connectivity index (χ4n) is 6.95. The van der Waals surface area contributed by atoms with Gasteiger partial charge < -0.3 is 4.42 Å². The zero-order chi connectivity index (χ0) is 33.0. The van der Waals surface area contributed by atoms with Gasteiger partial charge in [0.05, 0.1) is 0 Å². The van der Waals surface area contributed by atoms with Gasteiger partial charge in [0.2, 0.25) is 0 Å². The van der Waals surface area contributed by atoms with Gasteiger partial charge in [0.25, 0.3) is 0 Å². The maximum atomic E-state index is 6.23. The van der Waals surface area contributed by atoms with Crippen LogP contribution in [0.1, 0.15) is 0 Å². The Labute approximate surface area is 292 Å². The molecule has 0 saturated carbocycles. The molecule has 0 unspecified atom stereocenters. The van der Waals surface area contributed by atoms with Crippen LogP contribution < -0.4 is 0 Å². The molecule has 0 radical (unpaired) electrons. The number of hydrogen-bond donors (Lipinski definition) is 0. The SMILES string of the molecule is c1ccc(-c2cc(-c3ccccc3)c3sc4cc(-c5nc(-c6ccccc6)nc(-c6cccc7oc8ccccc8c67)n5)ccc4c3c2)cc1. The first-order valence-electron chi connectivity index (χ1n) is 16.6. The van der Waals surface area contributed by atoms with E-state index in [1.54, 1.807) is 0 Å². The Bertz CT molecular complexity index is 2860. The maximum Gasteiger partial charge on any atom is 0.164 e. The number of aromatic nitrogens is 3. The quantitative estimate of drug-likeness (QED) is 0.185. The minimum atomic E-state index is 0.612. The summed E-state index contributed by atoms with van der Waals surface area (Å²) in [6.07, 6.45) is 0. The molecule has 10 aromatic rings. The van der Waals surface area contributed by atoms with Crippen LogP contribution in [-0.2, 0) is 0 Å². The Hall–Kier alpha value is -6.43. The zero-order valence-electron chi connectivity index (χ0n) is 26.7. The molecule has 5 heteroatoms. The molecule has 10 rings (SSSR count). The summed E-state index contributed by atoms with van der Waals surface area (Å²) in [5, 5.41) is 4.51. The van der Waals surface area contributed by atoms with Crippen molar-refractivity contribution in [2.45, 2.75) is 0 Å². The third kappa shape index (κ3) is 4.79. The van der Waals surface area contributed by atoms with Crippen LogP contribution >= 0.6 is 11.3 Å². The van der Waals surface area contributed by atoms with Crippen LogP contribution in [0.25, 0.3) is 98.5 Å². The first kappa shape index (κ1) is 28.6. The summed E-state index contributed by atoms with van der Waals surface area (Å²) in [5.74, 6) is 1.87. The van der Waals surface area contributed by atoms with E-state index in [9.17, 15) is 0 Å². The fourth-order valence-corrected chi connectivity index (χ4v) is 8.21. The summed E-state index contributed by atoms with van der Waals surface area (Å²) in [4.78, 5) is 15.3. The summed E-state index contributed by atoms with van der Waals surface area (Å²) in [7, 11) is 0.